The molecule has 1 heterocycles. The monoisotopic (exact) mass is 289 g/mol. The maximum atomic E-state index is 4.38. The Morgan fingerprint density at radius 3 is 2.73 bits per heavy atom. The lowest BCUT2D eigenvalue weighted by atomic mass is 9.91. The summed E-state index contributed by atoms with van der Waals surface area (Å²) in [7, 11) is 0. The van der Waals surface area contributed by atoms with Crippen molar-refractivity contribution in [2.75, 3.05) is 0 Å². The van der Waals surface area contributed by atoms with Crippen molar-refractivity contribution in [2.45, 2.75) is 39.0 Å². The van der Waals surface area contributed by atoms with Crippen molar-refractivity contribution < 1.29 is 0 Å². The van der Waals surface area contributed by atoms with Crippen molar-refractivity contribution in [3.63, 3.8) is 0 Å². The molecule has 0 aliphatic rings. The molecule has 0 saturated carbocycles. The predicted octanol–water partition coefficient (Wildman–Crippen LogP) is 5.67. The standard InChI is InChI=1S/C21H23N/c1-16-7-3-4-11-20(16)17(2)8-5-9-18-12-13-21-19(15-18)10-6-14-22-21/h3-4,6-7,10-15,17H,5,8-9H2,1-2H3. The first kappa shape index (κ1) is 14.8. The van der Waals surface area contributed by atoms with Crippen molar-refractivity contribution in [3.05, 3.63) is 77.5 Å². The molecule has 0 spiro atoms. The van der Waals surface area contributed by atoms with E-state index in [2.05, 4.69) is 67.4 Å². The molecule has 0 bridgehead atoms. The second-order valence-electron chi connectivity index (χ2n) is 6.18. The fourth-order valence-electron chi connectivity index (χ4n) is 3.19. The minimum atomic E-state index is 0.628. The van der Waals surface area contributed by atoms with Crippen LogP contribution in [0, 0.1) is 6.92 Å². The number of aryl methyl sites for hydroxylation is 2. The van der Waals surface area contributed by atoms with Gasteiger partial charge in [-0.3, -0.25) is 4.98 Å². The van der Waals surface area contributed by atoms with Gasteiger partial charge in [-0.05, 0) is 67.0 Å². The molecule has 0 saturated heterocycles. The lowest BCUT2D eigenvalue weighted by molar-refractivity contribution is 0.631. The SMILES string of the molecule is Cc1ccccc1C(C)CCCc1ccc2ncccc2c1. The van der Waals surface area contributed by atoms with Crippen LogP contribution in [0.3, 0.4) is 0 Å². The van der Waals surface area contributed by atoms with Gasteiger partial charge in [0.15, 0.2) is 0 Å². The zero-order valence-corrected chi connectivity index (χ0v) is 13.4. The van der Waals surface area contributed by atoms with Crippen LogP contribution in [0.4, 0.5) is 0 Å². The van der Waals surface area contributed by atoms with Gasteiger partial charge in [-0.15, -0.1) is 0 Å². The van der Waals surface area contributed by atoms with E-state index in [-0.39, 0.29) is 0 Å². The zero-order valence-electron chi connectivity index (χ0n) is 13.4. The van der Waals surface area contributed by atoms with Gasteiger partial charge in [0, 0.05) is 11.6 Å². The zero-order chi connectivity index (χ0) is 15.4. The van der Waals surface area contributed by atoms with Gasteiger partial charge in [-0.2, -0.15) is 0 Å². The second kappa shape index (κ2) is 6.74. The van der Waals surface area contributed by atoms with Gasteiger partial charge in [0.25, 0.3) is 0 Å². The first-order chi connectivity index (χ1) is 10.7. The summed E-state index contributed by atoms with van der Waals surface area (Å²) in [6.45, 7) is 4.55. The summed E-state index contributed by atoms with van der Waals surface area (Å²) in [6.07, 6.45) is 5.45. The van der Waals surface area contributed by atoms with Gasteiger partial charge in [0.1, 0.15) is 0 Å². The van der Waals surface area contributed by atoms with Crippen LogP contribution in [0.1, 0.15) is 42.4 Å². The molecule has 1 nitrogen and oxygen atoms in total. The van der Waals surface area contributed by atoms with Crippen LogP contribution >= 0.6 is 0 Å². The number of rotatable bonds is 5. The maximum absolute atomic E-state index is 4.38. The number of hydrogen-bond donors (Lipinski definition) is 0. The molecule has 0 radical (unpaired) electrons. The van der Waals surface area contributed by atoms with Gasteiger partial charge >= 0.3 is 0 Å². The Morgan fingerprint density at radius 1 is 1.00 bits per heavy atom. The third kappa shape index (κ3) is 3.36. The van der Waals surface area contributed by atoms with Crippen LogP contribution in [0.5, 0.6) is 0 Å². The largest absolute Gasteiger partial charge is 0.256 e. The predicted molar refractivity (Wildman–Crippen MR) is 94.3 cm³/mol. The molecule has 0 N–H and O–H groups in total. The van der Waals surface area contributed by atoms with E-state index >= 15 is 0 Å². The quantitative estimate of drug-likeness (QED) is 0.589. The van der Waals surface area contributed by atoms with Crippen LogP contribution in [-0.4, -0.2) is 4.98 Å². The first-order valence-corrected chi connectivity index (χ1v) is 8.13. The van der Waals surface area contributed by atoms with Crippen molar-refractivity contribution in [1.29, 1.82) is 0 Å². The summed E-state index contributed by atoms with van der Waals surface area (Å²) in [6, 6.07) is 19.5. The number of nitrogens with zero attached hydrogens (tertiary/aromatic N) is 1. The van der Waals surface area contributed by atoms with Crippen molar-refractivity contribution in [2.24, 2.45) is 0 Å². The summed E-state index contributed by atoms with van der Waals surface area (Å²) < 4.78 is 0. The smallest absolute Gasteiger partial charge is 0.0702 e. The number of hydrogen-bond acceptors (Lipinski definition) is 1. The van der Waals surface area contributed by atoms with E-state index in [1.807, 2.05) is 12.3 Å². The van der Waals surface area contributed by atoms with E-state index < -0.39 is 0 Å². The molecule has 22 heavy (non-hydrogen) atoms. The van der Waals surface area contributed by atoms with E-state index in [0.29, 0.717) is 5.92 Å². The molecule has 1 heteroatoms. The summed E-state index contributed by atoms with van der Waals surface area (Å²) in [5.74, 6) is 0.628. The molecule has 1 aromatic heterocycles. The lowest BCUT2D eigenvalue weighted by Crippen LogP contribution is -1.98. The highest BCUT2D eigenvalue weighted by Crippen LogP contribution is 2.25. The van der Waals surface area contributed by atoms with Crippen LogP contribution < -0.4 is 0 Å². The average Bonchev–Trinajstić information content (AvgIpc) is 2.55. The highest BCUT2D eigenvalue weighted by molar-refractivity contribution is 5.78. The normalized spacial score (nSPS) is 12.5. The van der Waals surface area contributed by atoms with E-state index in [1.165, 1.54) is 34.9 Å². The van der Waals surface area contributed by atoms with Crippen molar-refractivity contribution >= 4 is 10.9 Å². The van der Waals surface area contributed by atoms with Gasteiger partial charge in [0.05, 0.1) is 5.52 Å². The minimum absolute atomic E-state index is 0.628. The highest BCUT2D eigenvalue weighted by Gasteiger charge is 2.07. The summed E-state index contributed by atoms with van der Waals surface area (Å²) >= 11 is 0. The average molecular weight is 289 g/mol. The van der Waals surface area contributed by atoms with Crippen LogP contribution in [0.15, 0.2) is 60.8 Å². The molecule has 0 fully saturated rings. The van der Waals surface area contributed by atoms with E-state index in [4.69, 9.17) is 0 Å². The molecule has 3 aromatic rings. The van der Waals surface area contributed by atoms with Gasteiger partial charge in [-0.25, -0.2) is 0 Å². The van der Waals surface area contributed by atoms with Gasteiger partial charge < -0.3 is 0 Å². The molecule has 1 atom stereocenters. The molecule has 3 rings (SSSR count). The van der Waals surface area contributed by atoms with Gasteiger partial charge in [0.2, 0.25) is 0 Å². The highest BCUT2D eigenvalue weighted by atomic mass is 14.6. The van der Waals surface area contributed by atoms with Crippen LogP contribution in [0.25, 0.3) is 10.9 Å². The summed E-state index contributed by atoms with van der Waals surface area (Å²) in [5, 5.41) is 1.24. The third-order valence-corrected chi connectivity index (χ3v) is 4.49. The Balaban J connectivity index is 1.61. The number of benzene rings is 2. The third-order valence-electron chi connectivity index (χ3n) is 4.49. The minimum Gasteiger partial charge on any atom is -0.256 e. The molecule has 0 amide bonds. The van der Waals surface area contributed by atoms with Crippen LogP contribution in [-0.2, 0) is 6.42 Å². The molecule has 0 aliphatic carbocycles. The number of pyridine rings is 1. The first-order valence-electron chi connectivity index (χ1n) is 8.13. The van der Waals surface area contributed by atoms with E-state index in [9.17, 15) is 0 Å². The molecular weight excluding hydrogens is 266 g/mol. The summed E-state index contributed by atoms with van der Waals surface area (Å²) in [4.78, 5) is 4.38. The van der Waals surface area contributed by atoms with Crippen LogP contribution in [0.2, 0.25) is 0 Å². The Morgan fingerprint density at radius 2 is 1.86 bits per heavy atom. The molecular formula is C21H23N. The Bertz CT molecular complexity index is 760. The molecule has 2 aromatic carbocycles. The Labute approximate surface area is 133 Å². The fraction of sp³-hybridized carbons (Fsp3) is 0.286. The lowest BCUT2D eigenvalue weighted by Gasteiger charge is -2.14. The van der Waals surface area contributed by atoms with Gasteiger partial charge in [-0.1, -0.05) is 43.3 Å². The maximum Gasteiger partial charge on any atom is 0.0702 e. The molecule has 1 unspecified atom stereocenters. The van der Waals surface area contributed by atoms with E-state index in [0.717, 1.165) is 11.9 Å². The fourth-order valence-corrected chi connectivity index (χ4v) is 3.19. The molecule has 112 valence electrons. The Hall–Kier alpha value is -2.15. The Kier molecular flexibility index (Phi) is 4.53. The number of aromatic nitrogens is 1. The van der Waals surface area contributed by atoms with E-state index in [1.54, 1.807) is 0 Å². The second-order valence-corrected chi connectivity index (χ2v) is 6.18. The molecule has 0 aliphatic heterocycles. The van der Waals surface area contributed by atoms with Crippen molar-refractivity contribution in [3.8, 4) is 0 Å². The topological polar surface area (TPSA) is 12.9 Å². The summed E-state index contributed by atoms with van der Waals surface area (Å²) in [5.41, 5.74) is 5.40. The number of fused-ring (bicyclic) bond motifs is 1. The van der Waals surface area contributed by atoms with Crippen molar-refractivity contribution in [1.82, 2.24) is 4.98 Å².